The van der Waals surface area contributed by atoms with Crippen LogP contribution in [0.3, 0.4) is 0 Å². The number of aliphatic imine (C=N–C) groups is 1. The Morgan fingerprint density at radius 1 is 1.00 bits per heavy atom. The topological polar surface area (TPSA) is 57.5 Å². The molecule has 0 bridgehead atoms. The van der Waals surface area contributed by atoms with E-state index >= 15 is 0 Å². The third-order valence-corrected chi connectivity index (χ3v) is 4.81. The van der Waals surface area contributed by atoms with Crippen molar-refractivity contribution in [1.82, 2.24) is 20.4 Å². The average molecular weight is 391 g/mol. The normalized spacial score (nSPS) is 11.4. The molecule has 29 heavy (non-hydrogen) atoms. The SMILES string of the molecule is CN=C(NCc1ccc(N(C)C)cc1)NCc1ccccc1-n1nc(C)cc1C. The first kappa shape index (κ1) is 20.5. The van der Waals surface area contributed by atoms with Gasteiger partial charge in [0, 0.05) is 45.6 Å². The van der Waals surface area contributed by atoms with Crippen molar-refractivity contribution in [2.45, 2.75) is 26.9 Å². The van der Waals surface area contributed by atoms with E-state index in [1.54, 1.807) is 7.05 Å². The molecule has 0 amide bonds. The number of hydrogen-bond acceptors (Lipinski definition) is 3. The fourth-order valence-corrected chi connectivity index (χ4v) is 3.24. The number of hydrogen-bond donors (Lipinski definition) is 2. The van der Waals surface area contributed by atoms with Crippen molar-refractivity contribution >= 4 is 11.6 Å². The average Bonchev–Trinajstić information content (AvgIpc) is 3.06. The molecule has 0 unspecified atom stereocenters. The number of anilines is 1. The highest BCUT2D eigenvalue weighted by Crippen LogP contribution is 2.17. The van der Waals surface area contributed by atoms with Crippen LogP contribution < -0.4 is 15.5 Å². The third kappa shape index (κ3) is 5.16. The number of nitrogens with zero attached hydrogens (tertiary/aromatic N) is 4. The predicted molar refractivity (Wildman–Crippen MR) is 121 cm³/mol. The van der Waals surface area contributed by atoms with Gasteiger partial charge >= 0.3 is 0 Å². The summed E-state index contributed by atoms with van der Waals surface area (Å²) in [4.78, 5) is 6.45. The summed E-state index contributed by atoms with van der Waals surface area (Å²) in [5, 5.41) is 11.4. The number of aryl methyl sites for hydroxylation is 2. The van der Waals surface area contributed by atoms with E-state index in [0.29, 0.717) is 13.1 Å². The Hall–Kier alpha value is -3.28. The molecule has 0 fully saturated rings. The Labute approximate surface area is 173 Å². The van der Waals surface area contributed by atoms with Crippen LogP contribution in [-0.4, -0.2) is 36.9 Å². The number of para-hydroxylation sites is 1. The van der Waals surface area contributed by atoms with Crippen molar-refractivity contribution < 1.29 is 0 Å². The molecule has 6 nitrogen and oxygen atoms in total. The van der Waals surface area contributed by atoms with Crippen LogP contribution in [0, 0.1) is 13.8 Å². The molecule has 2 N–H and O–H groups in total. The lowest BCUT2D eigenvalue weighted by molar-refractivity contribution is 0.781. The van der Waals surface area contributed by atoms with Crippen LogP contribution in [0.25, 0.3) is 5.69 Å². The molecule has 152 valence electrons. The number of guanidine groups is 1. The second-order valence-corrected chi connectivity index (χ2v) is 7.31. The van der Waals surface area contributed by atoms with Crippen LogP contribution in [0.2, 0.25) is 0 Å². The Morgan fingerprint density at radius 2 is 1.69 bits per heavy atom. The van der Waals surface area contributed by atoms with Gasteiger partial charge in [-0.3, -0.25) is 4.99 Å². The first-order chi connectivity index (χ1) is 14.0. The molecule has 0 spiro atoms. The maximum atomic E-state index is 4.62. The summed E-state index contributed by atoms with van der Waals surface area (Å²) in [6.45, 7) is 5.47. The quantitative estimate of drug-likeness (QED) is 0.500. The fraction of sp³-hybridized carbons (Fsp3) is 0.304. The van der Waals surface area contributed by atoms with Crippen molar-refractivity contribution in [2.75, 3.05) is 26.0 Å². The van der Waals surface area contributed by atoms with Gasteiger partial charge in [-0.05, 0) is 49.2 Å². The Bertz CT molecular complexity index is 969. The third-order valence-electron chi connectivity index (χ3n) is 4.81. The number of aromatic nitrogens is 2. The first-order valence-corrected chi connectivity index (χ1v) is 9.80. The van der Waals surface area contributed by atoms with Crippen molar-refractivity contribution in [1.29, 1.82) is 0 Å². The van der Waals surface area contributed by atoms with Gasteiger partial charge in [0.05, 0.1) is 11.4 Å². The van der Waals surface area contributed by atoms with Crippen molar-refractivity contribution in [3.63, 3.8) is 0 Å². The standard InChI is InChI=1S/C23H30N6/c1-17-14-18(2)29(27-17)22-9-7-6-8-20(22)16-26-23(24-3)25-15-19-10-12-21(13-11-19)28(4)5/h6-14H,15-16H2,1-5H3,(H2,24,25,26). The Balaban J connectivity index is 1.64. The van der Waals surface area contributed by atoms with E-state index < -0.39 is 0 Å². The van der Waals surface area contributed by atoms with Gasteiger partial charge in [0.2, 0.25) is 0 Å². The van der Waals surface area contributed by atoms with E-state index in [1.165, 1.54) is 11.3 Å². The van der Waals surface area contributed by atoms with Gasteiger partial charge < -0.3 is 15.5 Å². The summed E-state index contributed by atoms with van der Waals surface area (Å²) in [5.41, 5.74) is 6.79. The number of benzene rings is 2. The zero-order chi connectivity index (χ0) is 20.8. The van der Waals surface area contributed by atoms with Crippen molar-refractivity contribution in [3.05, 3.63) is 77.1 Å². The summed E-state index contributed by atoms with van der Waals surface area (Å²) < 4.78 is 1.99. The molecule has 0 aliphatic rings. The van der Waals surface area contributed by atoms with Gasteiger partial charge in [-0.15, -0.1) is 0 Å². The number of nitrogens with one attached hydrogen (secondary N) is 2. The highest BCUT2D eigenvalue weighted by atomic mass is 15.3. The van der Waals surface area contributed by atoms with Gasteiger partial charge in [0.1, 0.15) is 0 Å². The molecule has 0 saturated carbocycles. The molecule has 3 aromatic rings. The highest BCUT2D eigenvalue weighted by Gasteiger charge is 2.09. The molecule has 3 rings (SSSR count). The second-order valence-electron chi connectivity index (χ2n) is 7.31. The van der Waals surface area contributed by atoms with Crippen LogP contribution in [0.4, 0.5) is 5.69 Å². The second kappa shape index (κ2) is 9.28. The lowest BCUT2D eigenvalue weighted by atomic mass is 10.1. The molecule has 0 atom stereocenters. The molecular formula is C23H30N6. The zero-order valence-corrected chi connectivity index (χ0v) is 17.9. The molecule has 2 aromatic carbocycles. The van der Waals surface area contributed by atoms with Crippen LogP contribution >= 0.6 is 0 Å². The molecule has 0 saturated heterocycles. The van der Waals surface area contributed by atoms with E-state index in [-0.39, 0.29) is 0 Å². The van der Waals surface area contributed by atoms with Crippen LogP contribution in [0.5, 0.6) is 0 Å². The van der Waals surface area contributed by atoms with Gasteiger partial charge in [-0.1, -0.05) is 30.3 Å². The molecule has 1 aromatic heterocycles. The maximum absolute atomic E-state index is 4.62. The fourth-order valence-electron chi connectivity index (χ4n) is 3.24. The minimum absolute atomic E-state index is 0.660. The van der Waals surface area contributed by atoms with Crippen molar-refractivity contribution in [2.24, 2.45) is 4.99 Å². The zero-order valence-electron chi connectivity index (χ0n) is 17.9. The molecule has 0 aliphatic carbocycles. The van der Waals surface area contributed by atoms with Gasteiger partial charge in [-0.25, -0.2) is 4.68 Å². The molecular weight excluding hydrogens is 360 g/mol. The van der Waals surface area contributed by atoms with Crippen LogP contribution in [0.1, 0.15) is 22.5 Å². The highest BCUT2D eigenvalue weighted by molar-refractivity contribution is 5.79. The van der Waals surface area contributed by atoms with Gasteiger partial charge in [0.25, 0.3) is 0 Å². The predicted octanol–water partition coefficient (Wildman–Crippen LogP) is 3.42. The summed E-state index contributed by atoms with van der Waals surface area (Å²) in [6.07, 6.45) is 0. The first-order valence-electron chi connectivity index (χ1n) is 9.80. The minimum atomic E-state index is 0.660. The minimum Gasteiger partial charge on any atom is -0.378 e. The number of rotatable bonds is 6. The molecule has 6 heteroatoms. The van der Waals surface area contributed by atoms with Crippen molar-refractivity contribution in [3.8, 4) is 5.69 Å². The Morgan fingerprint density at radius 3 is 2.31 bits per heavy atom. The largest absolute Gasteiger partial charge is 0.378 e. The summed E-state index contributed by atoms with van der Waals surface area (Å²) in [6, 6.07) is 18.9. The van der Waals surface area contributed by atoms with Crippen LogP contribution in [0.15, 0.2) is 59.6 Å². The Kier molecular flexibility index (Phi) is 6.54. The van der Waals surface area contributed by atoms with E-state index in [0.717, 1.165) is 28.6 Å². The lowest BCUT2D eigenvalue weighted by Gasteiger charge is -2.16. The van der Waals surface area contributed by atoms with Gasteiger partial charge in [0.15, 0.2) is 5.96 Å². The lowest BCUT2D eigenvalue weighted by Crippen LogP contribution is -2.36. The summed E-state index contributed by atoms with van der Waals surface area (Å²) >= 11 is 0. The molecule has 1 heterocycles. The molecule has 0 radical (unpaired) electrons. The van der Waals surface area contributed by atoms with Gasteiger partial charge in [-0.2, -0.15) is 5.10 Å². The van der Waals surface area contributed by atoms with E-state index in [2.05, 4.69) is 81.1 Å². The summed E-state index contributed by atoms with van der Waals surface area (Å²) in [5.74, 6) is 0.768. The van der Waals surface area contributed by atoms with E-state index in [1.807, 2.05) is 31.8 Å². The smallest absolute Gasteiger partial charge is 0.191 e. The van der Waals surface area contributed by atoms with E-state index in [4.69, 9.17) is 0 Å². The molecule has 0 aliphatic heterocycles. The van der Waals surface area contributed by atoms with E-state index in [9.17, 15) is 0 Å². The summed E-state index contributed by atoms with van der Waals surface area (Å²) in [7, 11) is 5.88. The maximum Gasteiger partial charge on any atom is 0.191 e. The monoisotopic (exact) mass is 390 g/mol. The van der Waals surface area contributed by atoms with Crippen LogP contribution in [-0.2, 0) is 13.1 Å².